The Morgan fingerprint density at radius 3 is 0.980 bits per heavy atom. The van der Waals surface area contributed by atoms with Crippen LogP contribution in [0.1, 0.15) is 34.6 Å². The first-order valence-corrected chi connectivity index (χ1v) is 32.4. The molecule has 0 aromatic carbocycles. The number of aliphatic hydroxyl groups excluding tert-OH is 21. The average molecular weight is 1480 g/mol. The minimum Gasteiger partial charge on any atom is -0.394 e. The number of ether oxygens (including phenoxy) is 15. The molecule has 4 amide bonds. The van der Waals surface area contributed by atoms with Crippen molar-refractivity contribution in [2.45, 2.75) is 280 Å². The highest BCUT2D eigenvalue weighted by Crippen LogP contribution is 2.39. The molecule has 584 valence electrons. The van der Waals surface area contributed by atoms with Crippen molar-refractivity contribution >= 4 is 23.6 Å². The molecule has 101 heavy (non-hydrogen) atoms. The average Bonchev–Trinajstić information content (AvgIpc) is 0.777. The molecule has 0 saturated carbocycles. The smallest absolute Gasteiger partial charge is 0.217 e. The van der Waals surface area contributed by atoms with E-state index in [0.717, 1.165) is 27.7 Å². The van der Waals surface area contributed by atoms with E-state index < -0.39 is 322 Å². The fourth-order valence-corrected chi connectivity index (χ4v) is 13.2. The second-order valence-corrected chi connectivity index (χ2v) is 25.7. The zero-order valence-electron chi connectivity index (χ0n) is 54.9. The number of hydrogen-bond acceptors (Lipinski definition) is 40. The van der Waals surface area contributed by atoms with Gasteiger partial charge in [-0.2, -0.15) is 0 Å². The highest BCUT2D eigenvalue weighted by Gasteiger charge is 2.60. The lowest BCUT2D eigenvalue weighted by atomic mass is 9.92. The van der Waals surface area contributed by atoms with Gasteiger partial charge in [-0.25, -0.2) is 0 Å². The molecular weight excluding hydrogens is 1380 g/mol. The van der Waals surface area contributed by atoms with Gasteiger partial charge in [0.25, 0.3) is 0 Å². The van der Waals surface area contributed by atoms with Gasteiger partial charge < -0.3 is 200 Å². The van der Waals surface area contributed by atoms with E-state index in [4.69, 9.17) is 71.1 Å². The van der Waals surface area contributed by atoms with Crippen molar-refractivity contribution in [1.82, 2.24) is 21.3 Å². The van der Waals surface area contributed by atoms with Gasteiger partial charge in [0.15, 0.2) is 44.0 Å². The van der Waals surface area contributed by atoms with Crippen LogP contribution in [-0.2, 0) is 90.2 Å². The standard InChI is InChI=1S/C57H96N4O40/c1-14-27(58-15(2)69)37(79)45(23(10-66)88-14)96-52-29(60-17(4)71)38(80)47(25(12-68)93-52)98-55-44(86)48(35(77)26(95-55)13-87-56-49(41(83)33(75)21(8-64)91-56)100-51-28(59-16(3)70)36(78)31(73)19(6-62)89-51)99-57-50(42(84)34(76)22(9-65)92-57)101-53-30(61-18(5)72)39(81)46(24(11-67)94-53)97-54-43(85)40(82)32(74)20(7-63)90-54/h14,19-57,62-68,73-86H,6-13H2,1-5H3,(H,58,69)(H,59,70)(H,60,71)(H,61,72)/t14-,19?,20?,21?,22?,23?,24?,25?,26?,27?,28?,29?,30?,31+,32-,33+,34+,35+,36?,37?,38?,39?,40?,41?,42?,43?,44?,45+,46+,47+,48?,49?,50?,51-,52-,53-,54-,55-,56-,57+/m0/s1. The molecule has 44 nitrogen and oxygen atoms in total. The Morgan fingerprint density at radius 1 is 0.267 bits per heavy atom. The van der Waals surface area contributed by atoms with Crippen LogP contribution in [-0.4, -0.2) is 429 Å². The van der Waals surface area contributed by atoms with Gasteiger partial charge in [-0.1, -0.05) is 0 Å². The van der Waals surface area contributed by atoms with Gasteiger partial charge in [-0.05, 0) is 6.92 Å². The molecular formula is C57H96N4O40. The van der Waals surface area contributed by atoms with Crippen LogP contribution in [0.4, 0.5) is 0 Å². The molecule has 8 heterocycles. The second-order valence-electron chi connectivity index (χ2n) is 25.7. The first-order chi connectivity index (χ1) is 47.8. The Labute approximate surface area is 573 Å². The van der Waals surface area contributed by atoms with Crippen LogP contribution in [0.25, 0.3) is 0 Å². The maximum Gasteiger partial charge on any atom is 0.217 e. The van der Waals surface area contributed by atoms with Crippen molar-refractivity contribution in [2.24, 2.45) is 0 Å². The lowest BCUT2D eigenvalue weighted by Crippen LogP contribution is -2.71. The van der Waals surface area contributed by atoms with Gasteiger partial charge >= 0.3 is 0 Å². The highest BCUT2D eigenvalue weighted by atomic mass is 16.8. The summed E-state index contributed by atoms with van der Waals surface area (Å²) in [6.07, 6.45) is -71.3. The molecule has 24 unspecified atom stereocenters. The zero-order valence-corrected chi connectivity index (χ0v) is 54.9. The first-order valence-electron chi connectivity index (χ1n) is 32.4. The number of nitrogens with one attached hydrogen (secondary N) is 4. The first kappa shape index (κ1) is 83.1. The minimum atomic E-state index is -2.50. The maximum absolute atomic E-state index is 12.9. The molecule has 8 fully saturated rings. The number of rotatable bonds is 26. The van der Waals surface area contributed by atoms with Crippen molar-refractivity contribution in [2.75, 3.05) is 52.9 Å². The summed E-state index contributed by atoms with van der Waals surface area (Å²) in [6, 6.07) is -6.61. The van der Waals surface area contributed by atoms with Gasteiger partial charge in [0, 0.05) is 27.7 Å². The monoisotopic (exact) mass is 1480 g/mol. The summed E-state index contributed by atoms with van der Waals surface area (Å²) in [5, 5.41) is 242. The van der Waals surface area contributed by atoms with E-state index in [9.17, 15) is 126 Å². The number of hydrogen-bond donors (Lipinski definition) is 25. The molecule has 25 N–H and O–H groups in total. The Hall–Kier alpha value is -3.56. The van der Waals surface area contributed by atoms with Crippen LogP contribution in [0.15, 0.2) is 0 Å². The van der Waals surface area contributed by atoms with Gasteiger partial charge in [-0.3, -0.25) is 19.2 Å². The third kappa shape index (κ3) is 18.5. The van der Waals surface area contributed by atoms with E-state index in [-0.39, 0.29) is 0 Å². The largest absolute Gasteiger partial charge is 0.394 e. The summed E-state index contributed by atoms with van der Waals surface area (Å²) in [5.74, 6) is -3.23. The van der Waals surface area contributed by atoms with Crippen molar-refractivity contribution in [1.29, 1.82) is 0 Å². The topological polar surface area (TPSA) is 680 Å². The van der Waals surface area contributed by atoms with Gasteiger partial charge in [0.2, 0.25) is 23.6 Å². The van der Waals surface area contributed by atoms with Crippen LogP contribution in [0, 0.1) is 0 Å². The summed E-state index contributed by atoms with van der Waals surface area (Å²) >= 11 is 0. The lowest BCUT2D eigenvalue weighted by molar-refractivity contribution is -0.398. The van der Waals surface area contributed by atoms with E-state index >= 15 is 0 Å². The Morgan fingerprint density at radius 2 is 0.554 bits per heavy atom. The molecule has 8 rings (SSSR count). The third-order valence-electron chi connectivity index (χ3n) is 18.5. The maximum atomic E-state index is 12.9. The summed E-state index contributed by atoms with van der Waals surface area (Å²) in [6.45, 7) is -2.66. The van der Waals surface area contributed by atoms with Crippen LogP contribution >= 0.6 is 0 Å². The highest BCUT2D eigenvalue weighted by molar-refractivity contribution is 5.74. The molecule has 0 bridgehead atoms. The Kier molecular flexibility index (Phi) is 29.9. The Balaban J connectivity index is 1.14. The van der Waals surface area contributed by atoms with Crippen LogP contribution in [0.5, 0.6) is 0 Å². The fraction of sp³-hybridized carbons (Fsp3) is 0.930. The minimum absolute atomic E-state index is 0.610. The number of carbonyl (C=O) groups is 4. The fourth-order valence-electron chi connectivity index (χ4n) is 13.2. The van der Waals surface area contributed by atoms with E-state index in [1.54, 1.807) is 0 Å². The number of carbonyl (C=O) groups excluding carboxylic acids is 4. The van der Waals surface area contributed by atoms with Crippen molar-refractivity contribution in [3.63, 3.8) is 0 Å². The molecule has 40 atom stereocenters. The molecule has 0 aromatic heterocycles. The molecule has 44 heteroatoms. The predicted octanol–water partition coefficient (Wildman–Crippen LogP) is -16.8. The molecule has 8 aliphatic heterocycles. The number of amides is 4. The quantitative estimate of drug-likeness (QED) is 0.0382. The van der Waals surface area contributed by atoms with Crippen LogP contribution in [0.3, 0.4) is 0 Å². The van der Waals surface area contributed by atoms with E-state index in [1.165, 1.54) is 6.92 Å². The van der Waals surface area contributed by atoms with Crippen molar-refractivity contribution < 1.29 is 197 Å². The van der Waals surface area contributed by atoms with Crippen LogP contribution < -0.4 is 21.3 Å². The van der Waals surface area contributed by atoms with E-state index in [1.807, 2.05) is 0 Å². The third-order valence-corrected chi connectivity index (χ3v) is 18.5. The van der Waals surface area contributed by atoms with Gasteiger partial charge in [0.05, 0.1) is 65.0 Å². The predicted molar refractivity (Wildman–Crippen MR) is 314 cm³/mol. The van der Waals surface area contributed by atoms with Crippen molar-refractivity contribution in [3.05, 3.63) is 0 Å². The molecule has 8 aliphatic rings. The number of aliphatic hydroxyl groups is 21. The van der Waals surface area contributed by atoms with E-state index in [2.05, 4.69) is 21.3 Å². The van der Waals surface area contributed by atoms with Gasteiger partial charge in [0.1, 0.15) is 189 Å². The molecule has 8 saturated heterocycles. The molecule has 0 aromatic rings. The van der Waals surface area contributed by atoms with Crippen LogP contribution in [0.2, 0.25) is 0 Å². The van der Waals surface area contributed by atoms with Gasteiger partial charge in [-0.15, -0.1) is 0 Å². The molecule has 0 aliphatic carbocycles. The normalized spacial score (nSPS) is 48.3. The summed E-state index contributed by atoms with van der Waals surface area (Å²) in [7, 11) is 0. The second kappa shape index (κ2) is 36.4. The zero-order chi connectivity index (χ0) is 74.5. The summed E-state index contributed by atoms with van der Waals surface area (Å²) in [5.41, 5.74) is 0. The van der Waals surface area contributed by atoms with Crippen molar-refractivity contribution in [3.8, 4) is 0 Å². The SMILES string of the molecule is CC(=O)NC1C(O)[C@H](O)C(CO)O[C@H]1OC1C(O)[C@H](O)C(CO)O[C@@H]1OCC1O[C@@H](O[C@@H]2C(CO)O[C@@H](O[C@@H]3C(CO)O[C@@H](C)C(NC(C)=O)C3O)C(NC(C)=O)C2O)C(O)C(O[C@H]2OC(CO)[C@@H](O)C(O)C2O[C@@H]2OC(CO)[C@@H](O[C@@H]3OC(CO)[C@H](O)C(O)C3O)C(O)C2NC(C)=O)[C@@H]1O. The summed E-state index contributed by atoms with van der Waals surface area (Å²) in [4.78, 5) is 50.4. The Bertz CT molecular complexity index is 2640. The van der Waals surface area contributed by atoms with E-state index in [0.29, 0.717) is 0 Å². The lowest BCUT2D eigenvalue weighted by Gasteiger charge is -2.51. The summed E-state index contributed by atoms with van der Waals surface area (Å²) < 4.78 is 89.4. The molecule has 0 radical (unpaired) electrons. The molecule has 0 spiro atoms.